The molecule has 2 unspecified atom stereocenters. The first-order valence-corrected chi connectivity index (χ1v) is 11.2. The van der Waals surface area contributed by atoms with Gasteiger partial charge in [0.05, 0.1) is 5.41 Å². The van der Waals surface area contributed by atoms with Gasteiger partial charge in [-0.05, 0) is 79.0 Å². The van der Waals surface area contributed by atoms with Crippen LogP contribution in [0.3, 0.4) is 0 Å². The molecule has 4 bridgehead atoms. The summed E-state index contributed by atoms with van der Waals surface area (Å²) >= 11 is 0. The highest BCUT2D eigenvalue weighted by Crippen LogP contribution is 2.65. The summed E-state index contributed by atoms with van der Waals surface area (Å²) in [5.74, 6) is 1.71. The molecule has 2 aromatic rings. The van der Waals surface area contributed by atoms with Gasteiger partial charge in [0.1, 0.15) is 0 Å². The zero-order valence-corrected chi connectivity index (χ0v) is 17.7. The van der Waals surface area contributed by atoms with E-state index in [1.807, 2.05) is 12.4 Å². The topological polar surface area (TPSA) is 42.0 Å². The van der Waals surface area contributed by atoms with E-state index >= 15 is 0 Å². The lowest BCUT2D eigenvalue weighted by atomic mass is 9.42. The lowest BCUT2D eigenvalue weighted by Gasteiger charge is -2.61. The SMILES string of the molecule is CC(C)(CNC(=O)C12CC3CC(C1)CC(c1ccccc1)(C3)C2)c1ccncc1. The highest BCUT2D eigenvalue weighted by atomic mass is 16.2. The summed E-state index contributed by atoms with van der Waals surface area (Å²) in [6.07, 6.45) is 10.7. The molecule has 4 aliphatic carbocycles. The van der Waals surface area contributed by atoms with Gasteiger partial charge in [0.2, 0.25) is 5.91 Å². The van der Waals surface area contributed by atoms with Gasteiger partial charge in [0.25, 0.3) is 0 Å². The van der Waals surface area contributed by atoms with Gasteiger partial charge in [-0.3, -0.25) is 9.78 Å². The van der Waals surface area contributed by atoms with Crippen molar-refractivity contribution in [1.82, 2.24) is 10.3 Å². The Morgan fingerprint density at radius 2 is 1.69 bits per heavy atom. The van der Waals surface area contributed by atoms with Gasteiger partial charge in [-0.1, -0.05) is 44.2 Å². The predicted octanol–water partition coefficient (Wildman–Crippen LogP) is 5.01. The van der Waals surface area contributed by atoms with Crippen LogP contribution in [0.4, 0.5) is 0 Å². The molecular formula is C26H32N2O. The molecular weight excluding hydrogens is 356 g/mol. The van der Waals surface area contributed by atoms with Crippen LogP contribution < -0.4 is 5.32 Å². The summed E-state index contributed by atoms with van der Waals surface area (Å²) in [6, 6.07) is 15.1. The molecule has 3 nitrogen and oxygen atoms in total. The number of benzene rings is 1. The van der Waals surface area contributed by atoms with E-state index in [9.17, 15) is 4.79 Å². The van der Waals surface area contributed by atoms with Crippen molar-refractivity contribution < 1.29 is 4.79 Å². The predicted molar refractivity (Wildman–Crippen MR) is 116 cm³/mol. The fourth-order valence-corrected chi connectivity index (χ4v) is 7.05. The van der Waals surface area contributed by atoms with Crippen molar-refractivity contribution in [1.29, 1.82) is 0 Å². The van der Waals surface area contributed by atoms with Gasteiger partial charge in [0, 0.05) is 24.4 Å². The Hall–Kier alpha value is -2.16. The van der Waals surface area contributed by atoms with Crippen molar-refractivity contribution in [3.05, 3.63) is 66.0 Å². The van der Waals surface area contributed by atoms with E-state index < -0.39 is 0 Å². The molecule has 1 aromatic carbocycles. The van der Waals surface area contributed by atoms with Crippen LogP contribution >= 0.6 is 0 Å². The summed E-state index contributed by atoms with van der Waals surface area (Å²) in [7, 11) is 0. The number of hydrogen-bond acceptors (Lipinski definition) is 2. The van der Waals surface area contributed by atoms with Crippen LogP contribution in [0, 0.1) is 17.3 Å². The number of hydrogen-bond donors (Lipinski definition) is 1. The number of nitrogens with zero attached hydrogens (tertiary/aromatic N) is 1. The van der Waals surface area contributed by atoms with Crippen molar-refractivity contribution >= 4 is 5.91 Å². The van der Waals surface area contributed by atoms with Gasteiger partial charge >= 0.3 is 0 Å². The standard InChI is InChI=1S/C26H32N2O/c1-24(2,21-8-10-27-11-9-21)18-28-23(29)26-15-19-12-20(16-26)14-25(13-19,17-26)22-6-4-3-5-7-22/h3-11,19-20H,12-18H2,1-2H3,(H,28,29). The molecule has 4 aliphatic rings. The van der Waals surface area contributed by atoms with Crippen LogP contribution in [-0.4, -0.2) is 17.4 Å². The zero-order chi connectivity index (χ0) is 20.1. The lowest BCUT2D eigenvalue weighted by Crippen LogP contribution is -2.59. The average Bonchev–Trinajstić information content (AvgIpc) is 2.72. The smallest absolute Gasteiger partial charge is 0.226 e. The van der Waals surface area contributed by atoms with E-state index in [0.717, 1.165) is 19.3 Å². The minimum atomic E-state index is -0.172. The Labute approximate surface area is 174 Å². The van der Waals surface area contributed by atoms with Gasteiger partial charge in [-0.25, -0.2) is 0 Å². The number of nitrogens with one attached hydrogen (secondary N) is 1. The first-order valence-electron chi connectivity index (χ1n) is 11.2. The Morgan fingerprint density at radius 3 is 2.34 bits per heavy atom. The number of aromatic nitrogens is 1. The highest BCUT2D eigenvalue weighted by molar-refractivity contribution is 5.83. The molecule has 0 aliphatic heterocycles. The number of pyridine rings is 1. The molecule has 1 heterocycles. The Morgan fingerprint density at radius 1 is 1.03 bits per heavy atom. The van der Waals surface area contributed by atoms with Crippen LogP contribution in [0.25, 0.3) is 0 Å². The van der Waals surface area contributed by atoms with Crippen LogP contribution in [0.15, 0.2) is 54.9 Å². The molecule has 3 heteroatoms. The maximum absolute atomic E-state index is 13.6. The highest BCUT2D eigenvalue weighted by Gasteiger charge is 2.60. The van der Waals surface area contributed by atoms with Gasteiger partial charge in [-0.2, -0.15) is 0 Å². The van der Waals surface area contributed by atoms with Crippen molar-refractivity contribution in [3.63, 3.8) is 0 Å². The average molecular weight is 389 g/mol. The van der Waals surface area contributed by atoms with Crippen molar-refractivity contribution in [3.8, 4) is 0 Å². The second kappa shape index (κ2) is 6.68. The summed E-state index contributed by atoms with van der Waals surface area (Å²) in [6.45, 7) is 5.08. The molecule has 0 radical (unpaired) electrons. The first kappa shape index (κ1) is 18.8. The molecule has 0 spiro atoms. The fraction of sp³-hybridized carbons (Fsp3) is 0.538. The largest absolute Gasteiger partial charge is 0.355 e. The summed E-state index contributed by atoms with van der Waals surface area (Å²) < 4.78 is 0. The summed E-state index contributed by atoms with van der Waals surface area (Å²) in [4.78, 5) is 17.8. The van der Waals surface area contributed by atoms with E-state index in [-0.39, 0.29) is 16.2 Å². The van der Waals surface area contributed by atoms with Crippen molar-refractivity contribution in [2.24, 2.45) is 17.3 Å². The molecule has 1 N–H and O–H groups in total. The van der Waals surface area contributed by atoms with E-state index in [1.165, 1.54) is 30.4 Å². The normalized spacial score (nSPS) is 32.9. The number of amides is 1. The van der Waals surface area contributed by atoms with Crippen LogP contribution in [-0.2, 0) is 15.6 Å². The monoisotopic (exact) mass is 388 g/mol. The maximum Gasteiger partial charge on any atom is 0.226 e. The molecule has 1 aromatic heterocycles. The Kier molecular flexibility index (Phi) is 4.34. The minimum Gasteiger partial charge on any atom is -0.355 e. The summed E-state index contributed by atoms with van der Waals surface area (Å²) in [5, 5.41) is 3.39. The van der Waals surface area contributed by atoms with E-state index in [2.05, 4.69) is 66.6 Å². The third-order valence-electron chi connectivity index (χ3n) is 8.08. The molecule has 0 saturated heterocycles. The summed E-state index contributed by atoms with van der Waals surface area (Å²) in [5.41, 5.74) is 2.62. The Balaban J connectivity index is 1.37. The van der Waals surface area contributed by atoms with E-state index in [0.29, 0.717) is 24.3 Å². The van der Waals surface area contributed by atoms with E-state index in [1.54, 1.807) is 0 Å². The first-order chi connectivity index (χ1) is 13.9. The molecule has 2 atom stereocenters. The van der Waals surface area contributed by atoms with Gasteiger partial charge in [0.15, 0.2) is 0 Å². The van der Waals surface area contributed by atoms with Gasteiger partial charge < -0.3 is 5.32 Å². The van der Waals surface area contributed by atoms with Crippen molar-refractivity contribution in [2.75, 3.05) is 6.54 Å². The van der Waals surface area contributed by atoms with E-state index in [4.69, 9.17) is 0 Å². The van der Waals surface area contributed by atoms with Crippen LogP contribution in [0.1, 0.15) is 63.5 Å². The molecule has 6 rings (SSSR count). The second-order valence-electron chi connectivity index (χ2n) is 10.7. The third-order valence-corrected chi connectivity index (χ3v) is 8.08. The lowest BCUT2D eigenvalue weighted by molar-refractivity contribution is -0.149. The number of rotatable bonds is 5. The third kappa shape index (κ3) is 3.19. The Bertz CT molecular complexity index is 875. The maximum atomic E-state index is 13.6. The van der Waals surface area contributed by atoms with Crippen molar-refractivity contribution in [2.45, 2.75) is 63.2 Å². The molecule has 1 amide bonds. The second-order valence-corrected chi connectivity index (χ2v) is 10.7. The quantitative estimate of drug-likeness (QED) is 0.782. The molecule has 4 fully saturated rings. The number of carbonyl (C=O) groups excluding carboxylic acids is 1. The minimum absolute atomic E-state index is 0.0992. The molecule has 4 saturated carbocycles. The fourth-order valence-electron chi connectivity index (χ4n) is 7.05. The van der Waals surface area contributed by atoms with Crippen LogP contribution in [0.2, 0.25) is 0 Å². The molecule has 152 valence electrons. The zero-order valence-electron chi connectivity index (χ0n) is 17.7. The number of carbonyl (C=O) groups is 1. The molecule has 29 heavy (non-hydrogen) atoms. The van der Waals surface area contributed by atoms with Gasteiger partial charge in [-0.15, -0.1) is 0 Å². The van der Waals surface area contributed by atoms with Crippen LogP contribution in [0.5, 0.6) is 0 Å².